The second-order valence-electron chi connectivity index (χ2n) is 5.07. The van der Waals surface area contributed by atoms with Gasteiger partial charge in [0.05, 0.1) is 11.8 Å². The van der Waals surface area contributed by atoms with Crippen molar-refractivity contribution in [3.8, 4) is 0 Å². The molecule has 4 heteroatoms. The number of nitrogens with zero attached hydrogens (tertiary/aromatic N) is 2. The van der Waals surface area contributed by atoms with Crippen LogP contribution in [0.4, 0.5) is 0 Å². The maximum Gasteiger partial charge on any atom is 0.0650 e. The second-order valence-corrected chi connectivity index (χ2v) is 5.51. The van der Waals surface area contributed by atoms with Crippen LogP contribution in [0.1, 0.15) is 31.1 Å². The molecule has 0 aliphatic rings. The van der Waals surface area contributed by atoms with Crippen LogP contribution in [0.15, 0.2) is 36.5 Å². The van der Waals surface area contributed by atoms with E-state index >= 15 is 0 Å². The van der Waals surface area contributed by atoms with Crippen molar-refractivity contribution in [3.63, 3.8) is 0 Å². The summed E-state index contributed by atoms with van der Waals surface area (Å²) in [6.45, 7) is 4.17. The van der Waals surface area contributed by atoms with Crippen molar-refractivity contribution in [1.29, 1.82) is 0 Å². The molecule has 0 aliphatic heterocycles. The molecule has 3 nitrogen and oxygen atoms in total. The largest absolute Gasteiger partial charge is 0.392 e. The Kier molecular flexibility index (Phi) is 4.61. The van der Waals surface area contributed by atoms with Crippen molar-refractivity contribution in [2.75, 3.05) is 0 Å². The van der Waals surface area contributed by atoms with Crippen LogP contribution in [0.2, 0.25) is 5.02 Å². The molecule has 1 aromatic carbocycles. The minimum absolute atomic E-state index is 0.346. The highest BCUT2D eigenvalue weighted by molar-refractivity contribution is 6.30. The molecule has 2 aromatic rings. The smallest absolute Gasteiger partial charge is 0.0650 e. The summed E-state index contributed by atoms with van der Waals surface area (Å²) in [6, 6.07) is 9.90. The monoisotopic (exact) mass is 278 g/mol. The van der Waals surface area contributed by atoms with Gasteiger partial charge in [0.1, 0.15) is 0 Å². The third-order valence-electron chi connectivity index (χ3n) is 3.00. The van der Waals surface area contributed by atoms with Crippen LogP contribution in [-0.4, -0.2) is 21.0 Å². The molecular formula is C15H19ClN2O. The van der Waals surface area contributed by atoms with E-state index in [4.69, 9.17) is 11.6 Å². The van der Waals surface area contributed by atoms with Gasteiger partial charge in [-0.2, -0.15) is 5.10 Å². The molecular weight excluding hydrogens is 260 g/mol. The molecule has 19 heavy (non-hydrogen) atoms. The minimum atomic E-state index is -0.436. The van der Waals surface area contributed by atoms with Gasteiger partial charge in [0.2, 0.25) is 0 Å². The Morgan fingerprint density at radius 2 is 2.05 bits per heavy atom. The summed E-state index contributed by atoms with van der Waals surface area (Å²) in [5.74, 6) is 0. The molecule has 2 rings (SSSR count). The molecule has 0 spiro atoms. The van der Waals surface area contributed by atoms with Crippen molar-refractivity contribution in [3.05, 3.63) is 52.8 Å². The highest BCUT2D eigenvalue weighted by atomic mass is 35.5. The Balaban J connectivity index is 1.95. The number of hydrogen-bond acceptors (Lipinski definition) is 2. The van der Waals surface area contributed by atoms with Gasteiger partial charge >= 0.3 is 0 Å². The maximum atomic E-state index is 10.1. The normalized spacial score (nSPS) is 12.9. The first-order chi connectivity index (χ1) is 9.04. The molecule has 0 saturated carbocycles. The number of benzene rings is 1. The molecule has 102 valence electrons. The van der Waals surface area contributed by atoms with Crippen molar-refractivity contribution < 1.29 is 5.11 Å². The fraction of sp³-hybridized carbons (Fsp3) is 0.400. The van der Waals surface area contributed by atoms with Crippen LogP contribution in [0.25, 0.3) is 0 Å². The molecule has 1 aromatic heterocycles. The van der Waals surface area contributed by atoms with Crippen LogP contribution in [-0.2, 0) is 12.8 Å². The summed E-state index contributed by atoms with van der Waals surface area (Å²) in [7, 11) is 0. The van der Waals surface area contributed by atoms with Gasteiger partial charge in [-0.15, -0.1) is 0 Å². The SMILES string of the molecule is CC(C)n1ccc(CC(O)Cc2cccc(Cl)c2)n1. The summed E-state index contributed by atoms with van der Waals surface area (Å²) in [4.78, 5) is 0. The topological polar surface area (TPSA) is 38.0 Å². The quantitative estimate of drug-likeness (QED) is 0.912. The third kappa shape index (κ3) is 4.08. The number of rotatable bonds is 5. The van der Waals surface area contributed by atoms with Crippen LogP contribution in [0, 0.1) is 0 Å². The standard InChI is InChI=1S/C15H19ClN2O/c1-11(2)18-7-6-14(17-18)10-15(19)9-12-4-3-5-13(16)8-12/h3-8,11,15,19H,9-10H2,1-2H3. The lowest BCUT2D eigenvalue weighted by Gasteiger charge is -2.09. The van der Waals surface area contributed by atoms with E-state index in [0.717, 1.165) is 11.3 Å². The molecule has 1 N–H and O–H groups in total. The number of halogens is 1. The van der Waals surface area contributed by atoms with E-state index in [0.29, 0.717) is 23.9 Å². The zero-order chi connectivity index (χ0) is 13.8. The van der Waals surface area contributed by atoms with Gasteiger partial charge in [-0.3, -0.25) is 4.68 Å². The van der Waals surface area contributed by atoms with E-state index in [9.17, 15) is 5.11 Å². The Bertz CT molecular complexity index is 536. The summed E-state index contributed by atoms with van der Waals surface area (Å²) in [5, 5.41) is 15.2. The first-order valence-electron chi connectivity index (χ1n) is 6.51. The molecule has 0 amide bonds. The average molecular weight is 279 g/mol. The zero-order valence-corrected chi connectivity index (χ0v) is 12.0. The Labute approximate surface area is 118 Å². The lowest BCUT2D eigenvalue weighted by atomic mass is 10.0. The van der Waals surface area contributed by atoms with E-state index < -0.39 is 6.10 Å². The summed E-state index contributed by atoms with van der Waals surface area (Å²) in [5.41, 5.74) is 1.96. The van der Waals surface area contributed by atoms with Crippen molar-refractivity contribution in [2.24, 2.45) is 0 Å². The first kappa shape index (κ1) is 14.1. The van der Waals surface area contributed by atoms with Gasteiger partial charge in [0.15, 0.2) is 0 Å². The number of aromatic nitrogens is 2. The second kappa shape index (κ2) is 6.22. The van der Waals surface area contributed by atoms with Gasteiger partial charge < -0.3 is 5.11 Å². The lowest BCUT2D eigenvalue weighted by molar-refractivity contribution is 0.174. The van der Waals surface area contributed by atoms with Crippen molar-refractivity contribution in [2.45, 2.75) is 38.8 Å². The van der Waals surface area contributed by atoms with Crippen LogP contribution < -0.4 is 0 Å². The Hall–Kier alpha value is -1.32. The number of aliphatic hydroxyl groups is 1. The lowest BCUT2D eigenvalue weighted by Crippen LogP contribution is -2.14. The predicted octanol–water partition coefficient (Wildman–Crippen LogP) is 3.26. The fourth-order valence-corrected chi connectivity index (χ4v) is 2.24. The summed E-state index contributed by atoms with van der Waals surface area (Å²) < 4.78 is 1.90. The van der Waals surface area contributed by atoms with E-state index in [2.05, 4.69) is 18.9 Å². The predicted molar refractivity (Wildman–Crippen MR) is 77.5 cm³/mol. The molecule has 0 fully saturated rings. The van der Waals surface area contributed by atoms with Crippen molar-refractivity contribution >= 4 is 11.6 Å². The molecule has 1 atom stereocenters. The molecule has 0 saturated heterocycles. The Morgan fingerprint density at radius 3 is 2.68 bits per heavy atom. The summed E-state index contributed by atoms with van der Waals surface area (Å²) in [6.07, 6.45) is 2.67. The van der Waals surface area contributed by atoms with Crippen LogP contribution >= 0.6 is 11.6 Å². The minimum Gasteiger partial charge on any atom is -0.392 e. The zero-order valence-electron chi connectivity index (χ0n) is 11.3. The molecule has 0 radical (unpaired) electrons. The van der Waals surface area contributed by atoms with Gasteiger partial charge in [-0.25, -0.2) is 0 Å². The fourth-order valence-electron chi connectivity index (χ4n) is 2.02. The highest BCUT2D eigenvalue weighted by Crippen LogP contribution is 2.14. The average Bonchev–Trinajstić information content (AvgIpc) is 2.77. The van der Waals surface area contributed by atoms with E-state index in [1.807, 2.05) is 41.2 Å². The molecule has 1 heterocycles. The number of aliphatic hydroxyl groups excluding tert-OH is 1. The van der Waals surface area contributed by atoms with Crippen LogP contribution in [0.3, 0.4) is 0 Å². The molecule has 0 aliphatic carbocycles. The van der Waals surface area contributed by atoms with Gasteiger partial charge in [0, 0.05) is 23.7 Å². The van der Waals surface area contributed by atoms with E-state index in [-0.39, 0.29) is 0 Å². The van der Waals surface area contributed by atoms with Gasteiger partial charge in [-0.1, -0.05) is 23.7 Å². The van der Waals surface area contributed by atoms with Gasteiger partial charge in [-0.05, 0) is 44.0 Å². The highest BCUT2D eigenvalue weighted by Gasteiger charge is 2.10. The first-order valence-corrected chi connectivity index (χ1v) is 6.89. The summed E-state index contributed by atoms with van der Waals surface area (Å²) >= 11 is 5.93. The molecule has 0 bridgehead atoms. The van der Waals surface area contributed by atoms with E-state index in [1.165, 1.54) is 0 Å². The third-order valence-corrected chi connectivity index (χ3v) is 3.23. The van der Waals surface area contributed by atoms with Crippen LogP contribution in [0.5, 0.6) is 0 Å². The Morgan fingerprint density at radius 1 is 1.26 bits per heavy atom. The van der Waals surface area contributed by atoms with Gasteiger partial charge in [0.25, 0.3) is 0 Å². The molecule has 1 unspecified atom stereocenters. The van der Waals surface area contributed by atoms with E-state index in [1.54, 1.807) is 0 Å². The number of hydrogen-bond donors (Lipinski definition) is 1. The maximum absolute atomic E-state index is 10.1. The van der Waals surface area contributed by atoms with Crippen molar-refractivity contribution in [1.82, 2.24) is 9.78 Å².